The monoisotopic (exact) mass is 571 g/mol. The Balaban J connectivity index is 1.03. The van der Waals surface area contributed by atoms with Gasteiger partial charge in [-0.2, -0.15) is 4.98 Å². The molecule has 3 fully saturated rings. The number of anilines is 5. The second kappa shape index (κ2) is 11.8. The Labute approximate surface area is 246 Å². The number of imidazole rings is 1. The lowest BCUT2D eigenvalue weighted by molar-refractivity contribution is 0.0351. The maximum atomic E-state index is 5.89. The fraction of sp³-hybridized carbons (Fsp3) is 0.452. The lowest BCUT2D eigenvalue weighted by atomic mass is 10.1. The topological polar surface area (TPSA) is 77.4 Å². The Morgan fingerprint density at radius 1 is 0.805 bits per heavy atom. The molecule has 9 nitrogen and oxygen atoms in total. The minimum atomic E-state index is 0.391. The molecule has 4 heterocycles. The van der Waals surface area contributed by atoms with E-state index in [4.69, 9.17) is 21.6 Å². The summed E-state index contributed by atoms with van der Waals surface area (Å²) < 4.78 is 2.28. The van der Waals surface area contributed by atoms with Gasteiger partial charge in [0.1, 0.15) is 5.52 Å². The lowest BCUT2D eigenvalue weighted by Crippen LogP contribution is -2.63. The molecule has 214 valence electrons. The molecule has 4 aromatic rings. The summed E-state index contributed by atoms with van der Waals surface area (Å²) in [6.45, 7) is 7.67. The number of piperazine rings is 1. The number of para-hydroxylation sites is 1. The number of nitrogens with one attached hydrogen (secondary N) is 2. The van der Waals surface area contributed by atoms with Gasteiger partial charge in [-0.25, -0.2) is 9.97 Å². The molecule has 2 aromatic heterocycles. The standard InChI is InChI=1S/C31H38ClN9/c32-14-15-38-21-27(22-38)40-18-16-39(17-19-40)25-12-10-24(11-13-25)34-30-33-20-28-29(37-30)41(26-8-4-5-9-26)31(36-28)35-23-6-2-1-3-7-23/h1-3,6-7,10-13,20,26-27H,4-5,8-9,14-19,21-22H2,(H,35,36)(H,33,34,37). The van der Waals surface area contributed by atoms with Crippen molar-refractivity contribution < 1.29 is 0 Å². The van der Waals surface area contributed by atoms with Gasteiger partial charge in [0.2, 0.25) is 11.9 Å². The number of hydrogen-bond donors (Lipinski definition) is 2. The molecule has 0 bridgehead atoms. The zero-order valence-electron chi connectivity index (χ0n) is 23.4. The van der Waals surface area contributed by atoms with Crippen molar-refractivity contribution in [2.24, 2.45) is 0 Å². The van der Waals surface area contributed by atoms with Gasteiger partial charge in [0, 0.05) is 80.8 Å². The summed E-state index contributed by atoms with van der Waals surface area (Å²) in [5.74, 6) is 2.15. The number of likely N-dealkylation sites (tertiary alicyclic amines) is 1. The van der Waals surface area contributed by atoms with Gasteiger partial charge in [-0.3, -0.25) is 14.4 Å². The van der Waals surface area contributed by atoms with Gasteiger partial charge in [0.05, 0.1) is 6.20 Å². The molecule has 0 atom stereocenters. The van der Waals surface area contributed by atoms with Crippen molar-refractivity contribution in [3.05, 3.63) is 60.8 Å². The van der Waals surface area contributed by atoms with E-state index in [1.807, 2.05) is 24.4 Å². The van der Waals surface area contributed by atoms with Crippen LogP contribution in [0.5, 0.6) is 0 Å². The van der Waals surface area contributed by atoms with Crippen LogP contribution < -0.4 is 15.5 Å². The molecule has 0 amide bonds. The maximum Gasteiger partial charge on any atom is 0.229 e. The van der Waals surface area contributed by atoms with Crippen LogP contribution in [-0.4, -0.2) is 87.1 Å². The molecule has 0 spiro atoms. The zero-order valence-corrected chi connectivity index (χ0v) is 24.2. The number of halogens is 1. The number of nitrogens with zero attached hydrogens (tertiary/aromatic N) is 7. The van der Waals surface area contributed by atoms with Gasteiger partial charge in [-0.1, -0.05) is 31.0 Å². The first-order chi connectivity index (χ1) is 20.2. The third-order valence-electron chi connectivity index (χ3n) is 8.81. The highest BCUT2D eigenvalue weighted by atomic mass is 35.5. The number of benzene rings is 2. The fourth-order valence-electron chi connectivity index (χ4n) is 6.50. The Bertz CT molecular complexity index is 1440. The van der Waals surface area contributed by atoms with Crippen molar-refractivity contribution in [2.45, 2.75) is 37.8 Å². The highest BCUT2D eigenvalue weighted by Crippen LogP contribution is 2.36. The van der Waals surface area contributed by atoms with Gasteiger partial charge in [-0.15, -0.1) is 11.6 Å². The largest absolute Gasteiger partial charge is 0.369 e. The van der Waals surface area contributed by atoms with E-state index in [1.165, 1.54) is 18.5 Å². The smallest absolute Gasteiger partial charge is 0.229 e. The molecule has 2 aromatic carbocycles. The van der Waals surface area contributed by atoms with Crippen LogP contribution in [0.4, 0.5) is 29.0 Å². The average molecular weight is 572 g/mol. The second-order valence-corrected chi connectivity index (χ2v) is 11.8. The predicted octanol–water partition coefficient (Wildman–Crippen LogP) is 5.47. The molecule has 3 aliphatic rings. The summed E-state index contributed by atoms with van der Waals surface area (Å²) in [5, 5.41) is 6.95. The van der Waals surface area contributed by atoms with Gasteiger partial charge in [-0.05, 0) is 49.2 Å². The first-order valence-corrected chi connectivity index (χ1v) is 15.5. The first-order valence-electron chi connectivity index (χ1n) is 14.9. The minimum Gasteiger partial charge on any atom is -0.369 e. The molecule has 0 unspecified atom stereocenters. The normalized spacial score (nSPS) is 19.1. The second-order valence-electron chi connectivity index (χ2n) is 11.4. The number of fused-ring (bicyclic) bond motifs is 1. The summed E-state index contributed by atoms with van der Waals surface area (Å²) in [4.78, 5) is 22.0. The van der Waals surface area contributed by atoms with Crippen molar-refractivity contribution >= 4 is 51.7 Å². The molecule has 7 rings (SSSR count). The van der Waals surface area contributed by atoms with Crippen molar-refractivity contribution in [3.63, 3.8) is 0 Å². The van der Waals surface area contributed by atoms with Crippen LogP contribution in [0.25, 0.3) is 11.2 Å². The Kier molecular flexibility index (Phi) is 7.65. The van der Waals surface area contributed by atoms with Crippen molar-refractivity contribution in [1.82, 2.24) is 29.3 Å². The maximum absolute atomic E-state index is 5.89. The van der Waals surface area contributed by atoms with E-state index < -0.39 is 0 Å². The average Bonchev–Trinajstić information content (AvgIpc) is 3.63. The fourth-order valence-corrected chi connectivity index (χ4v) is 6.74. The van der Waals surface area contributed by atoms with Gasteiger partial charge in [0.25, 0.3) is 0 Å². The molecule has 41 heavy (non-hydrogen) atoms. The van der Waals surface area contributed by atoms with E-state index in [0.717, 1.165) is 93.0 Å². The predicted molar refractivity (Wildman–Crippen MR) is 167 cm³/mol. The quantitative estimate of drug-likeness (QED) is 0.256. The van der Waals surface area contributed by atoms with Gasteiger partial charge >= 0.3 is 0 Å². The number of alkyl halides is 1. The van der Waals surface area contributed by atoms with Crippen LogP contribution in [0.2, 0.25) is 0 Å². The molecule has 1 aliphatic carbocycles. The van der Waals surface area contributed by atoms with E-state index in [1.54, 1.807) is 0 Å². The molecule has 10 heteroatoms. The van der Waals surface area contributed by atoms with E-state index in [9.17, 15) is 0 Å². The first kappa shape index (κ1) is 26.5. The molecule has 2 saturated heterocycles. The van der Waals surface area contributed by atoms with E-state index in [0.29, 0.717) is 18.0 Å². The molecule has 0 radical (unpaired) electrons. The van der Waals surface area contributed by atoms with E-state index in [-0.39, 0.29) is 0 Å². The number of rotatable bonds is 9. The van der Waals surface area contributed by atoms with Crippen LogP contribution in [0.1, 0.15) is 31.7 Å². The highest BCUT2D eigenvalue weighted by Gasteiger charge is 2.33. The summed E-state index contributed by atoms with van der Waals surface area (Å²) in [6, 6.07) is 20.0. The number of aromatic nitrogens is 4. The van der Waals surface area contributed by atoms with Crippen molar-refractivity contribution in [3.8, 4) is 0 Å². The lowest BCUT2D eigenvalue weighted by Gasteiger charge is -2.48. The summed E-state index contributed by atoms with van der Waals surface area (Å²) in [6.07, 6.45) is 6.59. The van der Waals surface area contributed by atoms with Crippen LogP contribution in [0.15, 0.2) is 60.8 Å². The number of hydrogen-bond acceptors (Lipinski definition) is 8. The zero-order chi connectivity index (χ0) is 27.6. The Morgan fingerprint density at radius 2 is 1.54 bits per heavy atom. The van der Waals surface area contributed by atoms with Crippen LogP contribution in [-0.2, 0) is 0 Å². The molecule has 1 saturated carbocycles. The van der Waals surface area contributed by atoms with Crippen molar-refractivity contribution in [2.75, 3.05) is 67.2 Å². The molecular weight excluding hydrogens is 534 g/mol. The summed E-state index contributed by atoms with van der Waals surface area (Å²) in [5.41, 5.74) is 4.95. The van der Waals surface area contributed by atoms with E-state index in [2.05, 4.69) is 71.3 Å². The van der Waals surface area contributed by atoms with Gasteiger partial charge in [0.15, 0.2) is 5.65 Å². The Morgan fingerprint density at radius 3 is 2.27 bits per heavy atom. The van der Waals surface area contributed by atoms with Crippen LogP contribution in [0, 0.1) is 0 Å². The SMILES string of the molecule is ClCCN1CC(N2CCN(c3ccc(Nc4ncc5nc(Nc6ccccc6)n(C6CCCC6)c5n4)cc3)CC2)C1. The molecule has 2 N–H and O–H groups in total. The van der Waals surface area contributed by atoms with Crippen molar-refractivity contribution in [1.29, 1.82) is 0 Å². The van der Waals surface area contributed by atoms with Gasteiger partial charge < -0.3 is 15.5 Å². The molecular formula is C31H38ClN9. The van der Waals surface area contributed by atoms with E-state index >= 15 is 0 Å². The summed E-state index contributed by atoms with van der Waals surface area (Å²) in [7, 11) is 0. The van der Waals surface area contributed by atoms with Crippen LogP contribution in [0.3, 0.4) is 0 Å². The Hall–Kier alpha value is -3.40. The minimum absolute atomic E-state index is 0.391. The summed E-state index contributed by atoms with van der Waals surface area (Å²) >= 11 is 5.89. The third kappa shape index (κ3) is 5.71. The van der Waals surface area contributed by atoms with Crippen LogP contribution >= 0.6 is 11.6 Å². The highest BCUT2D eigenvalue weighted by molar-refractivity contribution is 6.18. The third-order valence-corrected chi connectivity index (χ3v) is 8.98. The molecule has 2 aliphatic heterocycles.